The number of furan rings is 1. The molecule has 4 atom stereocenters. The Bertz CT molecular complexity index is 1100. The van der Waals surface area contributed by atoms with Crippen molar-refractivity contribution in [2.75, 3.05) is 6.61 Å². The zero-order chi connectivity index (χ0) is 24.4. The smallest absolute Gasteiger partial charge is 0.234 e. The van der Waals surface area contributed by atoms with Gasteiger partial charge in [-0.15, -0.1) is 11.3 Å². The molecule has 1 aliphatic heterocycles. The lowest BCUT2D eigenvalue weighted by atomic mass is 9.68. The van der Waals surface area contributed by atoms with Crippen molar-refractivity contribution in [3.8, 4) is 0 Å². The number of nitrogens with zero attached hydrogens (tertiary/aromatic N) is 1. The summed E-state index contributed by atoms with van der Waals surface area (Å²) in [5, 5.41) is 32.4. The number of likely N-dealkylation sites (tertiary alicyclic amines) is 1. The Kier molecular flexibility index (Phi) is 7.52. The number of amides is 2. The summed E-state index contributed by atoms with van der Waals surface area (Å²) >= 11 is 1.50. The van der Waals surface area contributed by atoms with E-state index in [1.54, 1.807) is 12.1 Å². The highest BCUT2D eigenvalue weighted by molar-refractivity contribution is 7.09. The van der Waals surface area contributed by atoms with Crippen LogP contribution in [0.1, 0.15) is 49.5 Å². The monoisotopic (exact) mass is 485 g/mol. The van der Waals surface area contributed by atoms with E-state index in [1.165, 1.54) is 16.2 Å². The van der Waals surface area contributed by atoms with E-state index >= 15 is 0 Å². The molecular weight excluding hydrogens is 454 g/mol. The summed E-state index contributed by atoms with van der Waals surface area (Å²) in [6.07, 6.45) is 2.49. The van der Waals surface area contributed by atoms with E-state index in [0.29, 0.717) is 36.4 Å². The molecule has 182 valence electrons. The fourth-order valence-corrected chi connectivity index (χ4v) is 5.98. The summed E-state index contributed by atoms with van der Waals surface area (Å²) in [6.45, 7) is 3.64. The maximum atomic E-state index is 13.3. The third kappa shape index (κ3) is 4.81. The van der Waals surface area contributed by atoms with Crippen molar-refractivity contribution in [1.82, 2.24) is 4.90 Å². The van der Waals surface area contributed by atoms with Gasteiger partial charge in [-0.1, -0.05) is 17.2 Å². The second kappa shape index (κ2) is 10.4. The van der Waals surface area contributed by atoms with Crippen LogP contribution in [0.2, 0.25) is 0 Å². The fourth-order valence-electron chi connectivity index (χ4n) is 5.29. The average molecular weight is 486 g/mol. The van der Waals surface area contributed by atoms with Gasteiger partial charge in [-0.05, 0) is 68.3 Å². The lowest BCUT2D eigenvalue weighted by Gasteiger charge is -2.35. The molecule has 0 unspecified atom stereocenters. The minimum atomic E-state index is -0.819. The van der Waals surface area contributed by atoms with Gasteiger partial charge in [-0.2, -0.15) is 0 Å². The van der Waals surface area contributed by atoms with Crippen LogP contribution < -0.4 is 0 Å². The number of hydrogen-bond donors (Lipinski definition) is 3. The van der Waals surface area contributed by atoms with Crippen molar-refractivity contribution in [2.24, 2.45) is 17.8 Å². The van der Waals surface area contributed by atoms with Crippen LogP contribution in [-0.4, -0.2) is 44.7 Å². The first-order chi connectivity index (χ1) is 16.3. The van der Waals surface area contributed by atoms with Crippen LogP contribution in [0.5, 0.6) is 0 Å². The fraction of sp³-hybridized carbons (Fsp3) is 0.462. The number of allylic oxidation sites excluding steroid dienone is 2. The zero-order valence-electron chi connectivity index (χ0n) is 19.4. The van der Waals surface area contributed by atoms with Gasteiger partial charge in [0.25, 0.3) is 0 Å². The Morgan fingerprint density at radius 3 is 2.71 bits per heavy atom. The number of aliphatic hydroxyl groups excluding tert-OH is 3. The Balaban J connectivity index is 1.47. The summed E-state index contributed by atoms with van der Waals surface area (Å²) in [4.78, 5) is 28.6. The molecular formula is C26H31NO6S. The number of aliphatic hydroxyl groups is 3. The van der Waals surface area contributed by atoms with Crippen LogP contribution in [0, 0.1) is 17.8 Å². The number of thiophene rings is 1. The highest BCUT2D eigenvalue weighted by Gasteiger charge is 2.54. The Labute approximate surface area is 203 Å². The van der Waals surface area contributed by atoms with Gasteiger partial charge in [-0.25, -0.2) is 0 Å². The Morgan fingerprint density at radius 2 is 2.06 bits per heavy atom. The molecule has 4 rings (SSSR count). The SMILES string of the molecule is CC1=C([C@H](O)CC/C(C)=C/c2ccc(CO)o2)[C@H](CO)[C@@H]2C(=O)N(Cc3cccs3)C(=O)[C@@H]2C1. The highest BCUT2D eigenvalue weighted by Crippen LogP contribution is 2.46. The van der Waals surface area contributed by atoms with Crippen molar-refractivity contribution in [1.29, 1.82) is 0 Å². The molecule has 2 amide bonds. The molecule has 3 N–H and O–H groups in total. The van der Waals surface area contributed by atoms with Gasteiger partial charge >= 0.3 is 0 Å². The third-order valence-electron chi connectivity index (χ3n) is 6.91. The van der Waals surface area contributed by atoms with Crippen LogP contribution in [0.4, 0.5) is 0 Å². The molecule has 2 aliphatic rings. The Morgan fingerprint density at radius 1 is 1.26 bits per heavy atom. The van der Waals surface area contributed by atoms with E-state index in [-0.39, 0.29) is 31.6 Å². The van der Waals surface area contributed by atoms with Crippen LogP contribution in [0.3, 0.4) is 0 Å². The van der Waals surface area contributed by atoms with Gasteiger partial charge < -0.3 is 19.7 Å². The number of carbonyl (C=O) groups excluding carboxylic acids is 2. The molecule has 0 spiro atoms. The van der Waals surface area contributed by atoms with E-state index in [2.05, 4.69) is 0 Å². The Hall–Kier alpha value is -2.52. The molecule has 2 aromatic heterocycles. The van der Waals surface area contributed by atoms with Crippen molar-refractivity contribution < 1.29 is 29.3 Å². The van der Waals surface area contributed by atoms with Crippen LogP contribution in [0.15, 0.2) is 50.8 Å². The predicted octanol–water partition coefficient (Wildman–Crippen LogP) is 3.51. The minimum Gasteiger partial charge on any atom is -0.459 e. The summed E-state index contributed by atoms with van der Waals surface area (Å²) < 4.78 is 5.49. The van der Waals surface area contributed by atoms with Crippen LogP contribution in [0.25, 0.3) is 6.08 Å². The lowest BCUT2D eigenvalue weighted by molar-refractivity contribution is -0.140. The second-order valence-electron chi connectivity index (χ2n) is 9.21. The third-order valence-corrected chi connectivity index (χ3v) is 7.77. The first kappa shape index (κ1) is 24.6. The molecule has 34 heavy (non-hydrogen) atoms. The van der Waals surface area contributed by atoms with Crippen LogP contribution in [-0.2, 0) is 22.7 Å². The summed E-state index contributed by atoms with van der Waals surface area (Å²) in [6, 6.07) is 7.29. The molecule has 7 nitrogen and oxygen atoms in total. The van der Waals surface area contributed by atoms with Gasteiger partial charge in [0.2, 0.25) is 11.8 Å². The van der Waals surface area contributed by atoms with E-state index in [9.17, 15) is 19.8 Å². The van der Waals surface area contributed by atoms with Crippen molar-refractivity contribution in [3.05, 3.63) is 62.8 Å². The number of rotatable bonds is 9. The standard InChI is InChI=1S/C26H31NO6S/c1-15(10-17-6-7-18(13-28)33-17)5-8-22(30)23-16(2)11-20-24(21(23)14-29)26(32)27(25(20)31)12-19-4-3-9-34-19/h3-4,6-7,9-10,20-22,24,28-30H,5,8,11-14H2,1-2H3/b15-10+/t20-,21+,22-,24-/m1/s1. The van der Waals surface area contributed by atoms with Crippen molar-refractivity contribution in [3.63, 3.8) is 0 Å². The molecule has 1 saturated heterocycles. The molecule has 0 radical (unpaired) electrons. The van der Waals surface area contributed by atoms with E-state index < -0.39 is 23.9 Å². The first-order valence-corrected chi connectivity index (χ1v) is 12.4. The first-order valence-electron chi connectivity index (χ1n) is 11.6. The maximum Gasteiger partial charge on any atom is 0.234 e. The molecule has 1 aliphatic carbocycles. The van der Waals surface area contributed by atoms with Crippen molar-refractivity contribution >= 4 is 29.2 Å². The maximum absolute atomic E-state index is 13.3. The predicted molar refractivity (Wildman–Crippen MR) is 128 cm³/mol. The number of imide groups is 1. The number of hydrogen-bond acceptors (Lipinski definition) is 7. The van der Waals surface area contributed by atoms with Gasteiger partial charge in [-0.3, -0.25) is 14.5 Å². The van der Waals surface area contributed by atoms with Gasteiger partial charge in [0, 0.05) is 10.8 Å². The summed E-state index contributed by atoms with van der Waals surface area (Å²) in [5.74, 6) is -1.00. The van der Waals surface area contributed by atoms with E-state index in [4.69, 9.17) is 9.52 Å². The summed E-state index contributed by atoms with van der Waals surface area (Å²) in [5.41, 5.74) is 2.57. The molecule has 2 aromatic rings. The van der Waals surface area contributed by atoms with Gasteiger partial charge in [0.05, 0.1) is 31.1 Å². The van der Waals surface area contributed by atoms with Gasteiger partial charge in [0.15, 0.2) is 0 Å². The van der Waals surface area contributed by atoms with Gasteiger partial charge in [0.1, 0.15) is 18.1 Å². The summed E-state index contributed by atoms with van der Waals surface area (Å²) in [7, 11) is 0. The topological polar surface area (TPSA) is 111 Å². The average Bonchev–Trinajstić information content (AvgIpc) is 3.55. The van der Waals surface area contributed by atoms with E-state index in [0.717, 1.165) is 16.0 Å². The molecule has 0 saturated carbocycles. The van der Waals surface area contributed by atoms with Crippen molar-refractivity contribution in [2.45, 2.75) is 52.4 Å². The second-order valence-corrected chi connectivity index (χ2v) is 10.2. The molecule has 3 heterocycles. The normalized spacial score (nSPS) is 24.2. The highest BCUT2D eigenvalue weighted by atomic mass is 32.1. The molecule has 1 fully saturated rings. The number of fused-ring (bicyclic) bond motifs is 1. The lowest BCUT2D eigenvalue weighted by Crippen LogP contribution is -2.38. The number of carbonyl (C=O) groups is 2. The largest absolute Gasteiger partial charge is 0.459 e. The molecule has 0 bridgehead atoms. The molecule has 8 heteroatoms. The van der Waals surface area contributed by atoms with Crippen LogP contribution >= 0.6 is 11.3 Å². The quantitative estimate of drug-likeness (QED) is 0.370. The zero-order valence-corrected chi connectivity index (χ0v) is 20.3. The van der Waals surface area contributed by atoms with E-state index in [1.807, 2.05) is 37.4 Å². The molecule has 0 aromatic carbocycles. The minimum absolute atomic E-state index is 0.157.